The number of benzene rings is 2. The highest BCUT2D eigenvalue weighted by Crippen LogP contribution is 2.30. The van der Waals surface area contributed by atoms with Gasteiger partial charge < -0.3 is 10.6 Å². The van der Waals surface area contributed by atoms with Crippen LogP contribution in [0.1, 0.15) is 27.0 Å². The van der Waals surface area contributed by atoms with Gasteiger partial charge in [0.15, 0.2) is 0 Å². The van der Waals surface area contributed by atoms with E-state index < -0.39 is 23.6 Å². The topological polar surface area (TPSA) is 84.0 Å². The summed E-state index contributed by atoms with van der Waals surface area (Å²) in [7, 11) is 0. The number of hydrogen-bond acceptors (Lipinski definition) is 4. The van der Waals surface area contributed by atoms with Gasteiger partial charge in [0.25, 0.3) is 5.91 Å². The highest BCUT2D eigenvalue weighted by atomic mass is 19.4. The first kappa shape index (κ1) is 21.7. The molecule has 0 atom stereocenters. The summed E-state index contributed by atoms with van der Waals surface area (Å²) in [6.45, 7) is 1.75. The number of aryl methyl sites for hydroxylation is 1. The van der Waals surface area contributed by atoms with Gasteiger partial charge in [-0.3, -0.25) is 9.59 Å². The Morgan fingerprint density at radius 3 is 2.45 bits per heavy atom. The third-order valence-corrected chi connectivity index (χ3v) is 4.21. The van der Waals surface area contributed by atoms with Crippen molar-refractivity contribution in [3.05, 3.63) is 89.5 Å². The molecule has 0 aliphatic carbocycles. The molecule has 1 aromatic heterocycles. The Balaban J connectivity index is 1.72. The summed E-state index contributed by atoms with van der Waals surface area (Å²) in [5, 5.41) is 5.11. The van der Waals surface area contributed by atoms with Crippen molar-refractivity contribution >= 4 is 29.3 Å². The quantitative estimate of drug-likeness (QED) is 0.579. The molecule has 0 aliphatic heterocycles. The Hall–Kier alpha value is -4.01. The maximum Gasteiger partial charge on any atom is 0.416 e. The maximum absolute atomic E-state index is 12.9. The fraction of sp³-hybridized carbons (Fsp3) is 0.0909. The fourth-order valence-electron chi connectivity index (χ4n) is 2.62. The van der Waals surface area contributed by atoms with Gasteiger partial charge in [-0.05, 0) is 48.9 Å². The molecule has 0 saturated heterocycles. The molecule has 2 aromatic carbocycles. The first-order valence-electron chi connectivity index (χ1n) is 9.06. The number of aromatic nitrogens is 2. The lowest BCUT2D eigenvalue weighted by molar-refractivity contribution is -0.137. The van der Waals surface area contributed by atoms with Crippen molar-refractivity contribution in [2.75, 3.05) is 10.6 Å². The summed E-state index contributed by atoms with van der Waals surface area (Å²) in [4.78, 5) is 32.4. The largest absolute Gasteiger partial charge is 0.416 e. The molecule has 0 fully saturated rings. The van der Waals surface area contributed by atoms with Crippen LogP contribution < -0.4 is 10.6 Å². The summed E-state index contributed by atoms with van der Waals surface area (Å²) in [6.07, 6.45) is 2.78. The maximum atomic E-state index is 12.9. The number of halogens is 3. The van der Waals surface area contributed by atoms with Crippen LogP contribution in [0.5, 0.6) is 0 Å². The molecule has 2 N–H and O–H groups in total. The lowest BCUT2D eigenvalue weighted by Gasteiger charge is -2.12. The zero-order valence-electron chi connectivity index (χ0n) is 16.3. The van der Waals surface area contributed by atoms with E-state index in [1.807, 2.05) is 0 Å². The molecule has 0 bridgehead atoms. The number of rotatable bonds is 5. The molecule has 3 rings (SSSR count). The molecule has 0 spiro atoms. The van der Waals surface area contributed by atoms with Crippen molar-refractivity contribution in [2.24, 2.45) is 0 Å². The second kappa shape index (κ2) is 9.21. The van der Waals surface area contributed by atoms with Gasteiger partial charge in [-0.15, -0.1) is 0 Å². The van der Waals surface area contributed by atoms with E-state index in [4.69, 9.17) is 0 Å². The van der Waals surface area contributed by atoms with Gasteiger partial charge in [0.2, 0.25) is 5.91 Å². The van der Waals surface area contributed by atoms with Crippen molar-refractivity contribution in [1.29, 1.82) is 0 Å². The normalized spacial score (nSPS) is 11.4. The second-order valence-corrected chi connectivity index (χ2v) is 6.56. The molecule has 1 heterocycles. The molecule has 31 heavy (non-hydrogen) atoms. The molecule has 0 unspecified atom stereocenters. The highest BCUT2D eigenvalue weighted by Gasteiger charge is 2.30. The van der Waals surface area contributed by atoms with Crippen molar-refractivity contribution < 1.29 is 22.8 Å². The van der Waals surface area contributed by atoms with Gasteiger partial charge in [-0.25, -0.2) is 9.97 Å². The number of nitrogens with zero attached hydrogens (tertiary/aromatic N) is 2. The molecule has 0 radical (unpaired) electrons. The third-order valence-electron chi connectivity index (χ3n) is 4.21. The van der Waals surface area contributed by atoms with Gasteiger partial charge >= 0.3 is 6.18 Å². The van der Waals surface area contributed by atoms with E-state index in [2.05, 4.69) is 20.6 Å². The van der Waals surface area contributed by atoms with Crippen molar-refractivity contribution in [1.82, 2.24) is 9.97 Å². The second-order valence-electron chi connectivity index (χ2n) is 6.56. The SMILES string of the molecule is Cc1ccc(C(=O)Nc2cccc(C(F)(F)F)c2)cc1NC(=O)C=Cc1cncnc1. The number of anilines is 2. The Labute approximate surface area is 175 Å². The van der Waals surface area contributed by atoms with Gasteiger partial charge in [-0.2, -0.15) is 13.2 Å². The fourth-order valence-corrected chi connectivity index (χ4v) is 2.62. The molecule has 6 nitrogen and oxygen atoms in total. The van der Waals surface area contributed by atoms with E-state index in [0.717, 1.165) is 12.1 Å². The minimum atomic E-state index is -4.51. The van der Waals surface area contributed by atoms with E-state index in [-0.39, 0.29) is 11.3 Å². The Morgan fingerprint density at radius 2 is 1.74 bits per heavy atom. The van der Waals surface area contributed by atoms with Crippen LogP contribution in [0, 0.1) is 6.92 Å². The van der Waals surface area contributed by atoms with E-state index >= 15 is 0 Å². The van der Waals surface area contributed by atoms with Crippen molar-refractivity contribution in [3.63, 3.8) is 0 Å². The first-order chi connectivity index (χ1) is 14.7. The lowest BCUT2D eigenvalue weighted by atomic mass is 10.1. The van der Waals surface area contributed by atoms with Crippen LogP contribution in [-0.2, 0) is 11.0 Å². The predicted molar refractivity (Wildman–Crippen MR) is 110 cm³/mol. The molecule has 9 heteroatoms. The Morgan fingerprint density at radius 1 is 1.00 bits per heavy atom. The zero-order chi connectivity index (χ0) is 22.4. The summed E-state index contributed by atoms with van der Waals surface area (Å²) in [5.41, 5.74) is 1.08. The highest BCUT2D eigenvalue weighted by molar-refractivity contribution is 6.07. The number of hydrogen-bond donors (Lipinski definition) is 2. The number of nitrogens with one attached hydrogen (secondary N) is 2. The first-order valence-corrected chi connectivity index (χ1v) is 9.06. The Bertz CT molecular complexity index is 1130. The molecule has 0 saturated carbocycles. The van der Waals surface area contributed by atoms with Crippen molar-refractivity contribution in [2.45, 2.75) is 13.1 Å². The van der Waals surface area contributed by atoms with Crippen LogP contribution in [0.3, 0.4) is 0 Å². The van der Waals surface area contributed by atoms with E-state index in [1.165, 1.54) is 42.7 Å². The number of alkyl halides is 3. The van der Waals surface area contributed by atoms with Gasteiger partial charge in [0.05, 0.1) is 5.56 Å². The van der Waals surface area contributed by atoms with Gasteiger partial charge in [0.1, 0.15) is 6.33 Å². The summed E-state index contributed by atoms with van der Waals surface area (Å²) in [5.74, 6) is -1.03. The van der Waals surface area contributed by atoms with Crippen LogP contribution in [0.2, 0.25) is 0 Å². The average molecular weight is 426 g/mol. The van der Waals surface area contributed by atoms with Crippen LogP contribution in [-0.4, -0.2) is 21.8 Å². The predicted octanol–water partition coefficient (Wildman–Crippen LogP) is 4.71. The third kappa shape index (κ3) is 5.99. The van der Waals surface area contributed by atoms with Gasteiger partial charge in [-0.1, -0.05) is 12.1 Å². The standard InChI is InChI=1S/C22H17F3N4O2/c1-14-5-7-16(21(31)28-18-4-2-3-17(10-18)22(23,24)25)9-19(14)29-20(30)8-6-15-11-26-13-27-12-15/h2-13H,1H3,(H,28,31)(H,29,30). The van der Waals surface area contributed by atoms with Crippen LogP contribution >= 0.6 is 0 Å². The summed E-state index contributed by atoms with van der Waals surface area (Å²) >= 11 is 0. The minimum Gasteiger partial charge on any atom is -0.322 e. The van der Waals surface area contributed by atoms with E-state index in [0.29, 0.717) is 16.8 Å². The molecular weight excluding hydrogens is 409 g/mol. The molecule has 2 amide bonds. The zero-order valence-corrected chi connectivity index (χ0v) is 16.3. The van der Waals surface area contributed by atoms with Crippen molar-refractivity contribution in [3.8, 4) is 0 Å². The van der Waals surface area contributed by atoms with E-state index in [1.54, 1.807) is 25.4 Å². The summed E-state index contributed by atoms with van der Waals surface area (Å²) in [6, 6.07) is 8.95. The average Bonchev–Trinajstić information content (AvgIpc) is 2.74. The number of carbonyl (C=O) groups excluding carboxylic acids is 2. The van der Waals surface area contributed by atoms with Crippen LogP contribution in [0.15, 0.2) is 67.3 Å². The summed E-state index contributed by atoms with van der Waals surface area (Å²) < 4.78 is 38.6. The minimum absolute atomic E-state index is 0.0130. The van der Waals surface area contributed by atoms with Gasteiger partial charge in [0, 0.05) is 41.0 Å². The molecular formula is C22H17F3N4O2. The number of carbonyl (C=O) groups is 2. The van der Waals surface area contributed by atoms with Crippen LogP contribution in [0.4, 0.5) is 24.5 Å². The number of amides is 2. The van der Waals surface area contributed by atoms with Crippen LogP contribution in [0.25, 0.3) is 6.08 Å². The molecule has 158 valence electrons. The van der Waals surface area contributed by atoms with E-state index in [9.17, 15) is 22.8 Å². The smallest absolute Gasteiger partial charge is 0.322 e. The molecule has 0 aliphatic rings. The monoisotopic (exact) mass is 426 g/mol. The lowest BCUT2D eigenvalue weighted by Crippen LogP contribution is -2.15. The Kier molecular flexibility index (Phi) is 6.44. The molecule has 3 aromatic rings.